The summed E-state index contributed by atoms with van der Waals surface area (Å²) in [4.78, 5) is 21.8. The first-order valence-electron chi connectivity index (χ1n) is 12.3. The number of fused-ring (bicyclic) bond motifs is 1. The lowest BCUT2D eigenvalue weighted by atomic mass is 10.1. The van der Waals surface area contributed by atoms with Crippen molar-refractivity contribution < 1.29 is 22.3 Å². The number of halogens is 1. The van der Waals surface area contributed by atoms with Crippen molar-refractivity contribution in [1.82, 2.24) is 14.8 Å². The Bertz CT molecular complexity index is 1560. The van der Waals surface area contributed by atoms with Gasteiger partial charge in [-0.15, -0.1) is 0 Å². The molecule has 1 aliphatic rings. The van der Waals surface area contributed by atoms with Crippen LogP contribution in [-0.2, 0) is 22.1 Å². The van der Waals surface area contributed by atoms with Crippen molar-refractivity contribution >= 4 is 26.6 Å². The number of piperazine rings is 1. The average molecular weight is 534 g/mol. The second-order valence-electron chi connectivity index (χ2n) is 9.32. The largest absolute Gasteiger partial charge is 0.496 e. The zero-order chi connectivity index (χ0) is 26.7. The number of nitrogens with zero attached hydrogens (tertiary/aromatic N) is 3. The van der Waals surface area contributed by atoms with Crippen LogP contribution in [0, 0.1) is 5.82 Å². The van der Waals surface area contributed by atoms with Crippen molar-refractivity contribution in [3.05, 3.63) is 102 Å². The van der Waals surface area contributed by atoms with Crippen molar-refractivity contribution in [2.75, 3.05) is 33.3 Å². The summed E-state index contributed by atoms with van der Waals surface area (Å²) in [5.74, 6) is -0.314. The van der Waals surface area contributed by atoms with Gasteiger partial charge in [-0.3, -0.25) is 14.7 Å². The molecule has 1 aromatic heterocycles. The summed E-state index contributed by atoms with van der Waals surface area (Å²) < 4.78 is 45.2. The molecular weight excluding hydrogens is 505 g/mol. The van der Waals surface area contributed by atoms with Gasteiger partial charge in [0.1, 0.15) is 11.6 Å². The van der Waals surface area contributed by atoms with Crippen LogP contribution in [0.1, 0.15) is 21.5 Å². The third-order valence-electron chi connectivity index (χ3n) is 6.76. The summed E-state index contributed by atoms with van der Waals surface area (Å²) in [6.45, 7) is 3.18. The number of hydrogen-bond donors (Lipinski definition) is 0. The molecule has 2 heterocycles. The molecule has 7 nitrogen and oxygen atoms in total. The molecule has 1 amide bonds. The Labute approximate surface area is 221 Å². The predicted molar refractivity (Wildman–Crippen MR) is 143 cm³/mol. The van der Waals surface area contributed by atoms with Crippen LogP contribution in [0.3, 0.4) is 0 Å². The monoisotopic (exact) mass is 533 g/mol. The van der Waals surface area contributed by atoms with Crippen molar-refractivity contribution in [2.45, 2.75) is 17.2 Å². The number of ether oxygens (including phenoxy) is 1. The number of hydrogen-bond acceptors (Lipinski definition) is 6. The first kappa shape index (κ1) is 25.8. The third-order valence-corrected chi connectivity index (χ3v) is 8.48. The summed E-state index contributed by atoms with van der Waals surface area (Å²) in [7, 11) is -2.22. The molecule has 5 rings (SSSR count). The van der Waals surface area contributed by atoms with E-state index in [-0.39, 0.29) is 22.4 Å². The van der Waals surface area contributed by atoms with Gasteiger partial charge in [0.25, 0.3) is 5.91 Å². The van der Waals surface area contributed by atoms with Gasteiger partial charge in [0.05, 0.1) is 28.8 Å². The Kier molecular flexibility index (Phi) is 7.40. The average Bonchev–Trinajstić information content (AvgIpc) is 2.93. The van der Waals surface area contributed by atoms with Crippen LogP contribution in [0.5, 0.6) is 5.75 Å². The molecule has 0 aliphatic carbocycles. The van der Waals surface area contributed by atoms with E-state index in [2.05, 4.69) is 9.88 Å². The molecule has 0 saturated carbocycles. The van der Waals surface area contributed by atoms with E-state index in [1.54, 1.807) is 59.6 Å². The Hall–Kier alpha value is -3.82. The fourth-order valence-corrected chi connectivity index (χ4v) is 6.28. The third kappa shape index (κ3) is 5.54. The van der Waals surface area contributed by atoms with E-state index in [0.29, 0.717) is 55.1 Å². The molecule has 0 spiro atoms. The molecule has 4 aromatic rings. The molecule has 1 aliphatic heterocycles. The molecule has 196 valence electrons. The van der Waals surface area contributed by atoms with Crippen LogP contribution in [0.15, 0.2) is 83.9 Å². The van der Waals surface area contributed by atoms with E-state index in [9.17, 15) is 17.6 Å². The lowest BCUT2D eigenvalue weighted by Gasteiger charge is -2.35. The molecule has 1 saturated heterocycles. The van der Waals surface area contributed by atoms with Gasteiger partial charge in [-0.2, -0.15) is 0 Å². The van der Waals surface area contributed by atoms with Crippen LogP contribution in [-0.4, -0.2) is 62.4 Å². The summed E-state index contributed by atoms with van der Waals surface area (Å²) in [5, 5.41) is 0.755. The van der Waals surface area contributed by atoms with Crippen LogP contribution < -0.4 is 4.74 Å². The summed E-state index contributed by atoms with van der Waals surface area (Å²) >= 11 is 0. The highest BCUT2D eigenvalue weighted by Crippen LogP contribution is 2.28. The highest BCUT2D eigenvalue weighted by Gasteiger charge is 2.26. The number of methoxy groups -OCH3 is 1. The van der Waals surface area contributed by atoms with Crippen LogP contribution >= 0.6 is 0 Å². The predicted octanol–water partition coefficient (Wildman–Crippen LogP) is 4.31. The lowest BCUT2D eigenvalue weighted by Crippen LogP contribution is -2.48. The second-order valence-corrected chi connectivity index (χ2v) is 11.3. The fourth-order valence-electron chi connectivity index (χ4n) is 4.75. The maximum atomic E-state index is 13.3. The number of carbonyl (C=O) groups excluding carboxylic acids is 1. The molecule has 0 radical (unpaired) electrons. The normalized spacial score (nSPS) is 14.5. The molecule has 3 aromatic carbocycles. The van der Waals surface area contributed by atoms with E-state index < -0.39 is 9.84 Å². The quantitative estimate of drug-likeness (QED) is 0.352. The number of sulfone groups is 1. The zero-order valence-corrected chi connectivity index (χ0v) is 21.8. The van der Waals surface area contributed by atoms with Crippen LogP contribution in [0.4, 0.5) is 4.39 Å². The Morgan fingerprint density at radius 1 is 0.947 bits per heavy atom. The Morgan fingerprint density at radius 2 is 1.66 bits per heavy atom. The molecular formula is C29H28FN3O4S. The van der Waals surface area contributed by atoms with Gasteiger partial charge in [-0.05, 0) is 47.5 Å². The van der Waals surface area contributed by atoms with Crippen molar-refractivity contribution in [1.29, 1.82) is 0 Å². The van der Waals surface area contributed by atoms with Gasteiger partial charge >= 0.3 is 0 Å². The fraction of sp³-hybridized carbons (Fsp3) is 0.241. The van der Waals surface area contributed by atoms with Gasteiger partial charge in [0.2, 0.25) is 0 Å². The van der Waals surface area contributed by atoms with E-state index in [0.717, 1.165) is 10.9 Å². The highest BCUT2D eigenvalue weighted by molar-refractivity contribution is 7.90. The number of benzene rings is 3. The SMILES string of the molecule is COc1cc(CS(=O)(=O)c2cccc3cccnc23)ccc1C(=O)N1CCN(Cc2ccc(F)cc2)CC1. The van der Waals surface area contributed by atoms with Gasteiger partial charge in [-0.25, -0.2) is 12.8 Å². The molecule has 0 unspecified atom stereocenters. The van der Waals surface area contributed by atoms with Gasteiger partial charge in [0, 0.05) is 44.3 Å². The number of aromatic nitrogens is 1. The maximum absolute atomic E-state index is 13.3. The van der Waals surface area contributed by atoms with Gasteiger partial charge in [0.15, 0.2) is 9.84 Å². The Morgan fingerprint density at radius 3 is 2.39 bits per heavy atom. The number of para-hydroxylation sites is 1. The van der Waals surface area contributed by atoms with Gasteiger partial charge < -0.3 is 9.64 Å². The minimum absolute atomic E-state index is 0.157. The number of rotatable bonds is 7. The smallest absolute Gasteiger partial charge is 0.257 e. The summed E-state index contributed by atoms with van der Waals surface area (Å²) in [6, 6.07) is 20.1. The minimum atomic E-state index is -3.69. The zero-order valence-electron chi connectivity index (χ0n) is 21.0. The minimum Gasteiger partial charge on any atom is -0.496 e. The lowest BCUT2D eigenvalue weighted by molar-refractivity contribution is 0.0625. The second kappa shape index (κ2) is 10.9. The topological polar surface area (TPSA) is 79.8 Å². The molecule has 9 heteroatoms. The van der Waals surface area contributed by atoms with Crippen LogP contribution in [0.25, 0.3) is 10.9 Å². The summed E-state index contributed by atoms with van der Waals surface area (Å²) in [6.07, 6.45) is 1.58. The highest BCUT2D eigenvalue weighted by atomic mass is 32.2. The standard InChI is InChI=1S/C29H28FN3O4S/c1-37-26-18-22(20-38(35,36)27-6-2-4-23-5-3-13-31-28(23)27)9-12-25(26)29(34)33-16-14-32(15-17-33)19-21-7-10-24(30)11-8-21/h2-13,18H,14-17,19-20H2,1H3. The molecule has 0 N–H and O–H groups in total. The first-order valence-corrected chi connectivity index (χ1v) is 14.0. The molecule has 0 atom stereocenters. The van der Waals surface area contributed by atoms with Crippen molar-refractivity contribution in [3.63, 3.8) is 0 Å². The van der Waals surface area contributed by atoms with Crippen molar-refractivity contribution in [3.8, 4) is 5.75 Å². The van der Waals surface area contributed by atoms with E-state index >= 15 is 0 Å². The number of pyridine rings is 1. The first-order chi connectivity index (χ1) is 18.3. The van der Waals surface area contributed by atoms with Crippen LogP contribution in [0.2, 0.25) is 0 Å². The van der Waals surface area contributed by atoms with E-state index in [4.69, 9.17) is 4.74 Å². The molecule has 38 heavy (non-hydrogen) atoms. The molecule has 0 bridgehead atoms. The number of amides is 1. The maximum Gasteiger partial charge on any atom is 0.257 e. The number of carbonyl (C=O) groups is 1. The summed E-state index contributed by atoms with van der Waals surface area (Å²) in [5.41, 5.74) is 2.38. The van der Waals surface area contributed by atoms with E-state index in [1.165, 1.54) is 19.2 Å². The Balaban J connectivity index is 1.28. The van der Waals surface area contributed by atoms with E-state index in [1.807, 2.05) is 12.1 Å². The molecule has 1 fully saturated rings. The van der Waals surface area contributed by atoms with Gasteiger partial charge in [-0.1, -0.05) is 36.4 Å². The van der Waals surface area contributed by atoms with Crippen molar-refractivity contribution in [2.24, 2.45) is 0 Å².